The number of allylic oxidation sites excluding steroid dienone is 1. The number of methoxy groups -OCH3 is 1. The molecule has 1 heterocycles. The van der Waals surface area contributed by atoms with Crippen LogP contribution in [0.5, 0.6) is 11.5 Å². The molecule has 4 rings (SSSR count). The molecule has 2 bridgehead atoms. The zero-order chi connectivity index (χ0) is 18.7. The second-order valence-electron chi connectivity index (χ2n) is 6.99. The predicted molar refractivity (Wildman–Crippen MR) is 90.8 cm³/mol. The maximum atomic E-state index is 12.3. The van der Waals surface area contributed by atoms with Crippen LogP contribution in [0.4, 0.5) is 0 Å². The van der Waals surface area contributed by atoms with Crippen molar-refractivity contribution >= 4 is 16.2 Å². The summed E-state index contributed by atoms with van der Waals surface area (Å²) in [4.78, 5) is 12.3. The minimum Gasteiger partial charge on any atom is -0.505 e. The Morgan fingerprint density at radius 2 is 2.12 bits per heavy atom. The van der Waals surface area contributed by atoms with Gasteiger partial charge in [0.25, 0.3) is 0 Å². The summed E-state index contributed by atoms with van der Waals surface area (Å²) in [6.45, 7) is 0.644. The maximum Gasteiger partial charge on any atom is 0.446 e. The zero-order valence-corrected chi connectivity index (χ0v) is 14.9. The van der Waals surface area contributed by atoms with Gasteiger partial charge in [0, 0.05) is 29.4 Å². The third kappa shape index (κ3) is 2.50. The van der Waals surface area contributed by atoms with Gasteiger partial charge in [-0.25, -0.2) is 0 Å². The van der Waals surface area contributed by atoms with Gasteiger partial charge in [-0.15, -0.1) is 0 Å². The number of aliphatic hydroxyl groups is 1. The highest BCUT2D eigenvalue weighted by atomic mass is 32.3. The normalized spacial score (nSPS) is 30.1. The van der Waals surface area contributed by atoms with Crippen molar-refractivity contribution < 1.29 is 31.8 Å². The molecule has 26 heavy (non-hydrogen) atoms. The summed E-state index contributed by atoms with van der Waals surface area (Å²) < 4.78 is 42.3. The summed E-state index contributed by atoms with van der Waals surface area (Å²) in [5.74, 6) is -0.770. The number of carbonyl (C=O) groups excluding carboxylic acids is 1. The fourth-order valence-corrected chi connectivity index (χ4v) is 5.14. The van der Waals surface area contributed by atoms with Crippen LogP contribution in [0.15, 0.2) is 24.0 Å². The number of ketones is 1. The van der Waals surface area contributed by atoms with Crippen LogP contribution in [0.25, 0.3) is 0 Å². The molecule has 3 atom stereocenters. The first kappa shape index (κ1) is 17.3. The van der Waals surface area contributed by atoms with Crippen molar-refractivity contribution in [1.29, 1.82) is 0 Å². The van der Waals surface area contributed by atoms with E-state index >= 15 is 0 Å². The minimum absolute atomic E-state index is 0.0125. The lowest BCUT2D eigenvalue weighted by molar-refractivity contribution is -0.121. The number of fused-ring (bicyclic) bond motifs is 1. The molecule has 8 nitrogen and oxygen atoms in total. The predicted octanol–water partition coefficient (Wildman–Crippen LogP) is 1.06. The van der Waals surface area contributed by atoms with Gasteiger partial charge in [0.15, 0.2) is 23.0 Å². The molecule has 3 aliphatic rings. The number of piperidine rings is 1. The van der Waals surface area contributed by atoms with Gasteiger partial charge in [0.05, 0.1) is 7.11 Å². The largest absolute Gasteiger partial charge is 0.505 e. The van der Waals surface area contributed by atoms with E-state index in [1.807, 2.05) is 6.07 Å². The first-order valence-corrected chi connectivity index (χ1v) is 9.66. The Bertz CT molecular complexity index is 923. The van der Waals surface area contributed by atoms with Gasteiger partial charge in [0.1, 0.15) is 0 Å². The zero-order valence-electron chi connectivity index (χ0n) is 14.1. The molecule has 1 saturated heterocycles. The van der Waals surface area contributed by atoms with Crippen molar-refractivity contribution in [3.05, 3.63) is 35.1 Å². The van der Waals surface area contributed by atoms with E-state index in [2.05, 4.69) is 5.32 Å². The van der Waals surface area contributed by atoms with Crippen LogP contribution >= 0.6 is 0 Å². The standard InChI is InChI=1S/C17H19NO7S/c1-24-14-3-2-9-6-11-10-7-12(19)13(20)8-17(10,4-5-18-11)15(9)16(14)25-26(21,22)23/h2-3,7,10-11,18-19H,4-6,8H2,1H3,(H,21,22,23)/t10-,11-,17+/m0/s1. The molecule has 140 valence electrons. The van der Waals surface area contributed by atoms with Gasteiger partial charge in [-0.1, -0.05) is 6.07 Å². The third-order valence-corrected chi connectivity index (χ3v) is 6.08. The molecular weight excluding hydrogens is 362 g/mol. The van der Waals surface area contributed by atoms with Crippen LogP contribution in [0, 0.1) is 5.92 Å². The van der Waals surface area contributed by atoms with E-state index in [1.165, 1.54) is 7.11 Å². The van der Waals surface area contributed by atoms with E-state index in [0.717, 1.165) is 5.56 Å². The molecule has 9 heteroatoms. The van der Waals surface area contributed by atoms with E-state index in [9.17, 15) is 22.9 Å². The number of aliphatic hydroxyl groups excluding tert-OH is 1. The molecule has 2 aliphatic carbocycles. The number of ether oxygens (including phenoxy) is 1. The average Bonchev–Trinajstić information content (AvgIpc) is 2.54. The lowest BCUT2D eigenvalue weighted by Crippen LogP contribution is -2.60. The fraction of sp³-hybridized carbons (Fsp3) is 0.471. The molecule has 1 aromatic carbocycles. The first-order valence-electron chi connectivity index (χ1n) is 8.30. The average molecular weight is 381 g/mol. The number of carbonyl (C=O) groups is 1. The number of nitrogens with one attached hydrogen (secondary N) is 1. The molecule has 0 saturated carbocycles. The lowest BCUT2D eigenvalue weighted by Gasteiger charge is -2.53. The number of benzene rings is 1. The summed E-state index contributed by atoms with van der Waals surface area (Å²) in [6, 6.07) is 3.42. The van der Waals surface area contributed by atoms with Crippen molar-refractivity contribution in [3.63, 3.8) is 0 Å². The lowest BCUT2D eigenvalue weighted by atomic mass is 9.54. The van der Waals surface area contributed by atoms with Crippen LogP contribution < -0.4 is 14.2 Å². The Morgan fingerprint density at radius 3 is 2.81 bits per heavy atom. The van der Waals surface area contributed by atoms with Crippen molar-refractivity contribution in [2.24, 2.45) is 5.92 Å². The van der Waals surface area contributed by atoms with E-state index in [1.54, 1.807) is 12.1 Å². The van der Waals surface area contributed by atoms with E-state index in [4.69, 9.17) is 8.92 Å². The molecule has 3 N–H and O–H groups in total. The van der Waals surface area contributed by atoms with Crippen LogP contribution in [0.2, 0.25) is 0 Å². The molecular formula is C17H19NO7S. The molecule has 0 spiro atoms. The van der Waals surface area contributed by atoms with Gasteiger partial charge in [-0.2, -0.15) is 8.42 Å². The highest BCUT2D eigenvalue weighted by molar-refractivity contribution is 7.81. The first-order chi connectivity index (χ1) is 12.2. The smallest absolute Gasteiger partial charge is 0.446 e. The van der Waals surface area contributed by atoms with Gasteiger partial charge < -0.3 is 19.3 Å². The second kappa shape index (κ2) is 5.70. The van der Waals surface area contributed by atoms with Crippen LogP contribution in [0.3, 0.4) is 0 Å². The van der Waals surface area contributed by atoms with E-state index < -0.39 is 21.6 Å². The van der Waals surface area contributed by atoms with Crippen molar-refractivity contribution in [2.45, 2.75) is 30.7 Å². The minimum atomic E-state index is -4.78. The number of hydrogen-bond acceptors (Lipinski definition) is 7. The second-order valence-corrected chi connectivity index (χ2v) is 8.01. The monoisotopic (exact) mass is 381 g/mol. The Morgan fingerprint density at radius 1 is 1.35 bits per heavy atom. The van der Waals surface area contributed by atoms with Crippen LogP contribution in [-0.4, -0.2) is 43.6 Å². The van der Waals surface area contributed by atoms with E-state index in [-0.39, 0.29) is 35.6 Å². The summed E-state index contributed by atoms with van der Waals surface area (Å²) in [5, 5.41) is 13.4. The van der Waals surface area contributed by atoms with Gasteiger partial charge in [-0.3, -0.25) is 9.35 Å². The number of Topliss-reactive ketones (excluding diaryl/α,β-unsaturated/α-hetero) is 1. The summed E-state index contributed by atoms with van der Waals surface area (Å²) in [5.41, 5.74) is 0.677. The van der Waals surface area contributed by atoms with Gasteiger partial charge >= 0.3 is 10.4 Å². The van der Waals surface area contributed by atoms with Gasteiger partial charge in [-0.05, 0) is 37.1 Å². The molecule has 1 aromatic rings. The topological polar surface area (TPSA) is 122 Å². The highest BCUT2D eigenvalue weighted by Gasteiger charge is 2.55. The fourth-order valence-electron chi connectivity index (χ4n) is 4.77. The number of hydrogen-bond donors (Lipinski definition) is 3. The number of rotatable bonds is 3. The van der Waals surface area contributed by atoms with Crippen molar-refractivity contribution in [2.75, 3.05) is 13.7 Å². The Balaban J connectivity index is 2.01. The summed E-state index contributed by atoms with van der Waals surface area (Å²) in [7, 11) is -3.41. The Hall–Kier alpha value is -2.10. The van der Waals surface area contributed by atoms with Crippen molar-refractivity contribution in [3.8, 4) is 11.5 Å². The summed E-state index contributed by atoms with van der Waals surface area (Å²) in [6.07, 6.45) is 2.74. The molecule has 0 radical (unpaired) electrons. The van der Waals surface area contributed by atoms with Crippen molar-refractivity contribution in [1.82, 2.24) is 5.32 Å². The molecule has 0 aromatic heterocycles. The van der Waals surface area contributed by atoms with E-state index in [0.29, 0.717) is 24.9 Å². The third-order valence-electron chi connectivity index (χ3n) is 5.70. The molecule has 1 aliphatic heterocycles. The highest BCUT2D eigenvalue weighted by Crippen LogP contribution is 2.56. The molecule has 0 unspecified atom stereocenters. The van der Waals surface area contributed by atoms with Gasteiger partial charge in [0.2, 0.25) is 0 Å². The Labute approximate surface area is 150 Å². The maximum absolute atomic E-state index is 12.3. The van der Waals surface area contributed by atoms with Crippen LogP contribution in [-0.2, 0) is 27.0 Å². The SMILES string of the molecule is COc1ccc2c(c1OS(=O)(=O)O)[C@@]13CCN[C@@H](C2)[C@@H]1C=C(O)C(=O)C3. The molecule has 0 amide bonds. The van der Waals surface area contributed by atoms with Crippen LogP contribution in [0.1, 0.15) is 24.0 Å². The quantitative estimate of drug-likeness (QED) is 0.665. The molecule has 1 fully saturated rings. The summed E-state index contributed by atoms with van der Waals surface area (Å²) >= 11 is 0. The Kier molecular flexibility index (Phi) is 3.80.